The molecular formula is C4H10N2O4S. The van der Waals surface area contributed by atoms with Crippen LogP contribution in [0.3, 0.4) is 0 Å². The summed E-state index contributed by atoms with van der Waals surface area (Å²) >= 11 is 0. The number of aliphatic carboxylic acids is 1. The van der Waals surface area contributed by atoms with Gasteiger partial charge in [0.2, 0.25) is 0 Å². The van der Waals surface area contributed by atoms with Crippen LogP contribution in [0.5, 0.6) is 0 Å². The van der Waals surface area contributed by atoms with Crippen molar-refractivity contribution in [2.75, 3.05) is 6.54 Å². The zero-order valence-corrected chi connectivity index (χ0v) is 6.76. The highest BCUT2D eigenvalue weighted by atomic mass is 32.2. The summed E-state index contributed by atoms with van der Waals surface area (Å²) < 4.78 is 22.3. The van der Waals surface area contributed by atoms with Gasteiger partial charge in [0.25, 0.3) is 10.2 Å². The SMILES string of the molecule is CC(CNS(N)(=O)=O)C(=O)O. The number of nitrogens with two attached hydrogens (primary N) is 1. The van der Waals surface area contributed by atoms with Gasteiger partial charge in [0.1, 0.15) is 0 Å². The number of rotatable bonds is 4. The fraction of sp³-hybridized carbons (Fsp3) is 0.750. The van der Waals surface area contributed by atoms with Crippen molar-refractivity contribution in [1.29, 1.82) is 0 Å². The van der Waals surface area contributed by atoms with Crippen molar-refractivity contribution in [1.82, 2.24) is 4.72 Å². The average Bonchev–Trinajstić information content (AvgIpc) is 1.80. The van der Waals surface area contributed by atoms with Crippen molar-refractivity contribution < 1.29 is 18.3 Å². The van der Waals surface area contributed by atoms with Gasteiger partial charge < -0.3 is 5.11 Å². The molecule has 0 heterocycles. The molecule has 0 saturated heterocycles. The summed E-state index contributed by atoms with van der Waals surface area (Å²) in [5.41, 5.74) is 0. The highest BCUT2D eigenvalue weighted by Crippen LogP contribution is 1.91. The number of nitrogens with one attached hydrogen (secondary N) is 1. The van der Waals surface area contributed by atoms with E-state index in [-0.39, 0.29) is 6.54 Å². The Morgan fingerprint density at radius 1 is 1.73 bits per heavy atom. The first-order chi connectivity index (χ1) is 4.83. The lowest BCUT2D eigenvalue weighted by Crippen LogP contribution is -2.36. The van der Waals surface area contributed by atoms with E-state index in [1.165, 1.54) is 6.92 Å². The molecular weight excluding hydrogens is 172 g/mol. The maximum absolute atomic E-state index is 10.2. The van der Waals surface area contributed by atoms with Gasteiger partial charge in [-0.05, 0) is 0 Å². The van der Waals surface area contributed by atoms with Crippen LogP contribution in [0.25, 0.3) is 0 Å². The summed E-state index contributed by atoms with van der Waals surface area (Å²) in [5.74, 6) is -1.84. The number of carboxylic acids is 1. The standard InChI is InChI=1S/C4H10N2O4S/c1-3(4(7)8)2-6-11(5,9)10/h3,6H,2H2,1H3,(H,7,8)(H2,5,9,10). The Hall–Kier alpha value is -0.660. The fourth-order valence-corrected chi connectivity index (χ4v) is 0.811. The van der Waals surface area contributed by atoms with Crippen LogP contribution < -0.4 is 9.86 Å². The second-order valence-electron chi connectivity index (χ2n) is 2.13. The van der Waals surface area contributed by atoms with Crippen molar-refractivity contribution in [2.45, 2.75) is 6.92 Å². The van der Waals surface area contributed by atoms with Crippen LogP contribution in [0, 0.1) is 5.92 Å². The van der Waals surface area contributed by atoms with Gasteiger partial charge in [-0.2, -0.15) is 8.42 Å². The molecule has 1 atom stereocenters. The Morgan fingerprint density at radius 2 is 2.18 bits per heavy atom. The van der Waals surface area contributed by atoms with Crippen LogP contribution >= 0.6 is 0 Å². The Kier molecular flexibility index (Phi) is 3.43. The smallest absolute Gasteiger partial charge is 0.307 e. The molecule has 1 unspecified atom stereocenters. The Morgan fingerprint density at radius 3 is 2.45 bits per heavy atom. The summed E-state index contributed by atoms with van der Waals surface area (Å²) in [6.07, 6.45) is 0. The van der Waals surface area contributed by atoms with Crippen molar-refractivity contribution in [3.8, 4) is 0 Å². The Balaban J connectivity index is 3.82. The van der Waals surface area contributed by atoms with Crippen molar-refractivity contribution in [2.24, 2.45) is 11.1 Å². The zero-order valence-electron chi connectivity index (χ0n) is 5.94. The molecule has 0 rings (SSSR count). The van der Waals surface area contributed by atoms with E-state index in [0.29, 0.717) is 0 Å². The molecule has 0 fully saturated rings. The summed E-state index contributed by atoms with van der Waals surface area (Å²) in [4.78, 5) is 10.1. The molecule has 0 amide bonds. The van der Waals surface area contributed by atoms with Crippen LogP contribution in [0.2, 0.25) is 0 Å². The van der Waals surface area contributed by atoms with E-state index in [0.717, 1.165) is 0 Å². The summed E-state index contributed by atoms with van der Waals surface area (Å²) in [5, 5.41) is 12.9. The molecule has 0 aromatic heterocycles. The van der Waals surface area contributed by atoms with E-state index < -0.39 is 22.1 Å². The molecule has 0 aromatic carbocycles. The van der Waals surface area contributed by atoms with Crippen LogP contribution in [0.15, 0.2) is 0 Å². The minimum Gasteiger partial charge on any atom is -0.481 e. The van der Waals surface area contributed by atoms with Gasteiger partial charge in [0.15, 0.2) is 0 Å². The lowest BCUT2D eigenvalue weighted by molar-refractivity contribution is -0.140. The van der Waals surface area contributed by atoms with Crippen molar-refractivity contribution >= 4 is 16.2 Å². The van der Waals surface area contributed by atoms with E-state index in [4.69, 9.17) is 5.11 Å². The molecule has 0 radical (unpaired) electrons. The lowest BCUT2D eigenvalue weighted by Gasteiger charge is -2.04. The molecule has 4 N–H and O–H groups in total. The largest absolute Gasteiger partial charge is 0.481 e. The highest BCUT2D eigenvalue weighted by molar-refractivity contribution is 7.87. The second-order valence-corrected chi connectivity index (χ2v) is 3.51. The molecule has 0 aliphatic carbocycles. The van der Waals surface area contributed by atoms with Gasteiger partial charge >= 0.3 is 5.97 Å². The summed E-state index contributed by atoms with van der Waals surface area (Å²) in [7, 11) is -3.77. The van der Waals surface area contributed by atoms with Crippen LogP contribution in [0.1, 0.15) is 6.92 Å². The average molecular weight is 182 g/mol. The van der Waals surface area contributed by atoms with E-state index in [9.17, 15) is 13.2 Å². The molecule has 0 aliphatic rings. The quantitative estimate of drug-likeness (QED) is 0.491. The molecule has 66 valence electrons. The minimum absolute atomic E-state index is 0.186. The van der Waals surface area contributed by atoms with E-state index in [1.54, 1.807) is 0 Å². The normalized spacial score (nSPS) is 14.4. The molecule has 0 aliphatic heterocycles. The summed E-state index contributed by atoms with van der Waals surface area (Å²) in [6, 6.07) is 0. The van der Waals surface area contributed by atoms with Crippen LogP contribution in [-0.2, 0) is 15.0 Å². The van der Waals surface area contributed by atoms with Gasteiger partial charge in [0.05, 0.1) is 5.92 Å². The van der Waals surface area contributed by atoms with Gasteiger partial charge in [-0.15, -0.1) is 0 Å². The lowest BCUT2D eigenvalue weighted by atomic mass is 10.2. The number of hydrogen-bond acceptors (Lipinski definition) is 3. The van der Waals surface area contributed by atoms with Gasteiger partial charge in [-0.3, -0.25) is 4.79 Å². The first-order valence-electron chi connectivity index (χ1n) is 2.83. The van der Waals surface area contributed by atoms with E-state index in [2.05, 4.69) is 5.14 Å². The minimum atomic E-state index is -3.77. The van der Waals surface area contributed by atoms with Gasteiger partial charge in [-0.1, -0.05) is 6.92 Å². The number of carboxylic acid groups (broad SMARTS) is 1. The Bertz CT molecular complexity index is 234. The van der Waals surface area contributed by atoms with Crippen molar-refractivity contribution in [3.05, 3.63) is 0 Å². The van der Waals surface area contributed by atoms with Crippen LogP contribution in [-0.4, -0.2) is 26.0 Å². The van der Waals surface area contributed by atoms with Crippen molar-refractivity contribution in [3.63, 3.8) is 0 Å². The first kappa shape index (κ1) is 10.3. The van der Waals surface area contributed by atoms with E-state index >= 15 is 0 Å². The highest BCUT2D eigenvalue weighted by Gasteiger charge is 2.12. The predicted molar refractivity (Wildman–Crippen MR) is 37.9 cm³/mol. The molecule has 0 spiro atoms. The molecule has 0 bridgehead atoms. The number of hydrogen-bond donors (Lipinski definition) is 3. The maximum atomic E-state index is 10.2. The predicted octanol–water partition coefficient (Wildman–Crippen LogP) is -1.50. The molecule has 0 saturated carbocycles. The monoisotopic (exact) mass is 182 g/mol. The van der Waals surface area contributed by atoms with Gasteiger partial charge in [-0.25, -0.2) is 9.86 Å². The third kappa shape index (κ3) is 5.77. The molecule has 6 nitrogen and oxygen atoms in total. The third-order valence-corrected chi connectivity index (χ3v) is 1.58. The Labute approximate surface area is 64.6 Å². The first-order valence-corrected chi connectivity index (χ1v) is 4.38. The molecule has 7 heteroatoms. The van der Waals surface area contributed by atoms with E-state index in [1.807, 2.05) is 4.72 Å². The molecule has 11 heavy (non-hydrogen) atoms. The fourth-order valence-electron chi connectivity index (χ4n) is 0.328. The summed E-state index contributed by atoms with van der Waals surface area (Å²) in [6.45, 7) is 1.19. The van der Waals surface area contributed by atoms with Gasteiger partial charge in [0, 0.05) is 6.54 Å². The topological polar surface area (TPSA) is 109 Å². The van der Waals surface area contributed by atoms with Crippen LogP contribution in [0.4, 0.5) is 0 Å². The molecule has 0 aromatic rings. The second kappa shape index (κ2) is 3.65. The maximum Gasteiger partial charge on any atom is 0.307 e. The third-order valence-electron chi connectivity index (χ3n) is 1.01. The number of carbonyl (C=O) groups is 1. The zero-order chi connectivity index (χ0) is 9.07.